The average molecular weight is 472 g/mol. The Bertz CT molecular complexity index is 1290. The average Bonchev–Trinajstić information content (AvgIpc) is 3.13. The molecule has 1 fully saturated rings. The van der Waals surface area contributed by atoms with E-state index >= 15 is 0 Å². The molecule has 1 aliphatic heterocycles. The molecule has 7 heteroatoms. The summed E-state index contributed by atoms with van der Waals surface area (Å²) in [5, 5.41) is 12.3. The zero-order valence-electron chi connectivity index (χ0n) is 18.7. The number of anilines is 2. The van der Waals surface area contributed by atoms with E-state index in [1.807, 2.05) is 56.3 Å². The van der Waals surface area contributed by atoms with Crippen molar-refractivity contribution in [1.82, 2.24) is 0 Å². The molecule has 0 bridgehead atoms. The van der Waals surface area contributed by atoms with Crippen molar-refractivity contribution >= 4 is 35.0 Å². The highest BCUT2D eigenvalue weighted by Gasteiger charge is 2.40. The molecule has 1 N–H and O–H groups in total. The zero-order chi connectivity index (χ0) is 24.2. The van der Waals surface area contributed by atoms with Gasteiger partial charge in [-0.1, -0.05) is 59.3 Å². The summed E-state index contributed by atoms with van der Waals surface area (Å²) in [6, 6.07) is 22.5. The molecular weight excluding hydrogens is 449 g/mol. The van der Waals surface area contributed by atoms with Gasteiger partial charge in [-0.25, -0.2) is 4.39 Å². The van der Waals surface area contributed by atoms with Crippen molar-refractivity contribution < 1.29 is 14.0 Å². The standard InChI is InChI=1S/C27H22FN3O2S/c1-17-3-7-19(8-4-17)15-24-26(33)31(22-13-9-20(28)10-14-22)27(34-24)23(16-29)25(32)30-21-11-5-18(2)6-12-21/h3-14,24H,15H2,1-2H3,(H,30,32). The zero-order valence-corrected chi connectivity index (χ0v) is 19.5. The maximum absolute atomic E-state index is 13.6. The van der Waals surface area contributed by atoms with Crippen LogP contribution in [-0.4, -0.2) is 17.1 Å². The molecule has 5 nitrogen and oxygen atoms in total. The molecule has 0 aromatic heterocycles. The molecule has 0 radical (unpaired) electrons. The minimum atomic E-state index is -0.607. The van der Waals surface area contributed by atoms with Crippen LogP contribution in [0.3, 0.4) is 0 Å². The van der Waals surface area contributed by atoms with Gasteiger partial charge in [0.2, 0.25) is 5.91 Å². The number of hydrogen-bond acceptors (Lipinski definition) is 4. The smallest absolute Gasteiger partial charge is 0.269 e. The molecule has 4 rings (SSSR count). The first kappa shape index (κ1) is 23.3. The number of benzene rings is 3. The molecule has 1 unspecified atom stereocenters. The Morgan fingerprint density at radius 1 is 1.00 bits per heavy atom. The summed E-state index contributed by atoms with van der Waals surface area (Å²) in [7, 11) is 0. The number of nitrogens with zero attached hydrogens (tertiary/aromatic N) is 2. The number of aryl methyl sites for hydroxylation is 2. The Kier molecular flexibility index (Phi) is 6.80. The number of rotatable bonds is 5. The van der Waals surface area contributed by atoms with Gasteiger partial charge in [0.15, 0.2) is 0 Å². The Labute approximate surface area is 201 Å². The molecule has 170 valence electrons. The second-order valence-electron chi connectivity index (χ2n) is 8.06. The van der Waals surface area contributed by atoms with Crippen molar-refractivity contribution in [2.75, 3.05) is 10.2 Å². The lowest BCUT2D eigenvalue weighted by molar-refractivity contribution is -0.117. The number of nitriles is 1. The van der Waals surface area contributed by atoms with Crippen LogP contribution >= 0.6 is 11.8 Å². The maximum Gasteiger partial charge on any atom is 0.269 e. The fraction of sp³-hybridized carbons (Fsp3) is 0.148. The van der Waals surface area contributed by atoms with Crippen LogP contribution in [0.4, 0.5) is 15.8 Å². The van der Waals surface area contributed by atoms with Gasteiger partial charge in [0.1, 0.15) is 22.5 Å². The molecule has 0 aliphatic carbocycles. The van der Waals surface area contributed by atoms with Gasteiger partial charge < -0.3 is 5.32 Å². The highest BCUT2D eigenvalue weighted by atomic mass is 32.2. The van der Waals surface area contributed by atoms with Gasteiger partial charge in [0.25, 0.3) is 5.91 Å². The van der Waals surface area contributed by atoms with Crippen molar-refractivity contribution in [2.24, 2.45) is 0 Å². The van der Waals surface area contributed by atoms with E-state index in [0.717, 1.165) is 16.7 Å². The molecule has 0 spiro atoms. The summed E-state index contributed by atoms with van der Waals surface area (Å²) in [5.74, 6) is -1.31. The monoisotopic (exact) mass is 471 g/mol. The third kappa shape index (κ3) is 5.03. The van der Waals surface area contributed by atoms with Crippen molar-refractivity contribution in [1.29, 1.82) is 5.26 Å². The Morgan fingerprint density at radius 2 is 1.59 bits per heavy atom. The Hall–Kier alpha value is -3.89. The molecule has 1 saturated heterocycles. The van der Waals surface area contributed by atoms with Gasteiger partial charge in [0, 0.05) is 11.4 Å². The molecule has 3 aromatic rings. The van der Waals surface area contributed by atoms with Crippen LogP contribution in [0.15, 0.2) is 83.4 Å². The first-order valence-electron chi connectivity index (χ1n) is 10.7. The summed E-state index contributed by atoms with van der Waals surface area (Å²) in [6.07, 6.45) is 0.434. The van der Waals surface area contributed by atoms with E-state index in [4.69, 9.17) is 0 Å². The number of carbonyl (C=O) groups is 2. The quantitative estimate of drug-likeness (QED) is 0.394. The predicted molar refractivity (Wildman–Crippen MR) is 133 cm³/mol. The van der Waals surface area contributed by atoms with Crippen LogP contribution in [0.25, 0.3) is 0 Å². The van der Waals surface area contributed by atoms with Crippen LogP contribution in [0.1, 0.15) is 16.7 Å². The minimum absolute atomic E-state index is 0.172. The number of halogens is 1. The lowest BCUT2D eigenvalue weighted by atomic mass is 10.1. The topological polar surface area (TPSA) is 73.2 Å². The van der Waals surface area contributed by atoms with E-state index in [1.54, 1.807) is 12.1 Å². The summed E-state index contributed by atoms with van der Waals surface area (Å²) < 4.78 is 13.6. The van der Waals surface area contributed by atoms with Crippen LogP contribution in [-0.2, 0) is 16.0 Å². The SMILES string of the molecule is Cc1ccc(CC2SC(=C(C#N)C(=O)Nc3ccc(C)cc3)N(c3ccc(F)cc3)C2=O)cc1. The highest BCUT2D eigenvalue weighted by Crippen LogP contribution is 2.42. The van der Waals surface area contributed by atoms with Gasteiger partial charge in [0.05, 0.1) is 5.25 Å². The summed E-state index contributed by atoms with van der Waals surface area (Å²) in [6.45, 7) is 3.92. The number of thioether (sulfide) groups is 1. The van der Waals surface area contributed by atoms with Crippen LogP contribution < -0.4 is 10.2 Å². The van der Waals surface area contributed by atoms with Gasteiger partial charge >= 0.3 is 0 Å². The van der Waals surface area contributed by atoms with Gasteiger partial charge in [-0.2, -0.15) is 5.26 Å². The van der Waals surface area contributed by atoms with Crippen LogP contribution in [0.5, 0.6) is 0 Å². The van der Waals surface area contributed by atoms with E-state index in [2.05, 4.69) is 5.32 Å². The molecule has 1 heterocycles. The maximum atomic E-state index is 13.6. The molecular formula is C27H22FN3O2S. The van der Waals surface area contributed by atoms with E-state index in [9.17, 15) is 19.2 Å². The molecule has 0 saturated carbocycles. The summed E-state index contributed by atoms with van der Waals surface area (Å²) >= 11 is 1.18. The van der Waals surface area contributed by atoms with Crippen LogP contribution in [0.2, 0.25) is 0 Å². The normalized spacial score (nSPS) is 16.8. The summed E-state index contributed by atoms with van der Waals surface area (Å²) in [4.78, 5) is 27.8. The first-order chi connectivity index (χ1) is 16.4. The highest BCUT2D eigenvalue weighted by molar-refractivity contribution is 8.05. The number of carbonyl (C=O) groups excluding carboxylic acids is 2. The Morgan fingerprint density at radius 3 is 2.18 bits per heavy atom. The van der Waals surface area contributed by atoms with E-state index < -0.39 is 17.0 Å². The lowest BCUT2D eigenvalue weighted by Gasteiger charge is -2.18. The summed E-state index contributed by atoms with van der Waals surface area (Å²) in [5.41, 5.74) is 3.89. The van der Waals surface area contributed by atoms with Gasteiger partial charge in [-0.05, 0) is 62.2 Å². The largest absolute Gasteiger partial charge is 0.321 e. The third-order valence-corrected chi connectivity index (χ3v) is 6.70. The van der Waals surface area contributed by atoms with Crippen LogP contribution in [0, 0.1) is 31.0 Å². The lowest BCUT2D eigenvalue weighted by Crippen LogP contribution is -2.30. The van der Waals surface area contributed by atoms with E-state index in [1.165, 1.54) is 40.9 Å². The Balaban J connectivity index is 1.71. The van der Waals surface area contributed by atoms with E-state index in [0.29, 0.717) is 17.8 Å². The van der Waals surface area contributed by atoms with E-state index in [-0.39, 0.29) is 16.5 Å². The fourth-order valence-corrected chi connectivity index (χ4v) is 4.89. The molecule has 2 amide bonds. The number of hydrogen-bond donors (Lipinski definition) is 1. The fourth-order valence-electron chi connectivity index (χ4n) is 3.58. The predicted octanol–water partition coefficient (Wildman–Crippen LogP) is 5.51. The number of amides is 2. The first-order valence-corrected chi connectivity index (χ1v) is 11.6. The van der Waals surface area contributed by atoms with Crippen molar-refractivity contribution in [3.63, 3.8) is 0 Å². The van der Waals surface area contributed by atoms with Crippen molar-refractivity contribution in [3.05, 3.63) is 106 Å². The molecule has 3 aromatic carbocycles. The molecule has 34 heavy (non-hydrogen) atoms. The van der Waals surface area contributed by atoms with Gasteiger partial charge in [-0.3, -0.25) is 14.5 Å². The van der Waals surface area contributed by atoms with Crippen molar-refractivity contribution in [3.8, 4) is 6.07 Å². The van der Waals surface area contributed by atoms with Gasteiger partial charge in [-0.15, -0.1) is 0 Å². The molecule has 1 aliphatic rings. The van der Waals surface area contributed by atoms with Crippen molar-refractivity contribution in [2.45, 2.75) is 25.5 Å². The minimum Gasteiger partial charge on any atom is -0.321 e. The second kappa shape index (κ2) is 9.94. The molecule has 1 atom stereocenters. The second-order valence-corrected chi connectivity index (χ2v) is 9.25. The number of nitrogens with one attached hydrogen (secondary N) is 1. The third-order valence-electron chi connectivity index (χ3n) is 5.44.